The summed E-state index contributed by atoms with van der Waals surface area (Å²) in [5.74, 6) is -0.867. The number of aliphatic carboxylic acids is 1. The Balaban J connectivity index is 2.90. The maximum atomic E-state index is 11.1. The first-order chi connectivity index (χ1) is 7.39. The molecule has 4 nitrogen and oxygen atoms in total. The number of thiazole rings is 1. The minimum Gasteiger partial charge on any atom is -0.481 e. The maximum Gasteiger partial charge on any atom is 0.315 e. The highest BCUT2D eigenvalue weighted by molar-refractivity contribution is 7.09. The molecular weight excluding hydrogens is 226 g/mol. The van der Waals surface area contributed by atoms with Crippen molar-refractivity contribution in [2.45, 2.75) is 39.2 Å². The van der Waals surface area contributed by atoms with Crippen molar-refractivity contribution in [3.63, 3.8) is 0 Å². The van der Waals surface area contributed by atoms with E-state index in [1.165, 1.54) is 11.3 Å². The van der Waals surface area contributed by atoms with Crippen molar-refractivity contribution in [2.75, 3.05) is 6.61 Å². The molecule has 0 aliphatic rings. The van der Waals surface area contributed by atoms with E-state index in [-0.39, 0.29) is 6.10 Å². The van der Waals surface area contributed by atoms with E-state index < -0.39 is 11.4 Å². The van der Waals surface area contributed by atoms with Crippen LogP contribution in [0, 0.1) is 0 Å². The van der Waals surface area contributed by atoms with Crippen LogP contribution in [-0.2, 0) is 14.9 Å². The number of carbonyl (C=O) groups is 1. The summed E-state index contributed by atoms with van der Waals surface area (Å²) in [4.78, 5) is 15.4. The lowest BCUT2D eigenvalue weighted by Gasteiger charge is -2.16. The van der Waals surface area contributed by atoms with E-state index in [2.05, 4.69) is 4.98 Å². The highest BCUT2D eigenvalue weighted by atomic mass is 32.1. The van der Waals surface area contributed by atoms with Crippen LogP contribution in [0.15, 0.2) is 5.38 Å². The zero-order valence-corrected chi connectivity index (χ0v) is 10.8. The van der Waals surface area contributed by atoms with E-state index in [4.69, 9.17) is 9.84 Å². The van der Waals surface area contributed by atoms with Crippen LogP contribution in [0.3, 0.4) is 0 Å². The van der Waals surface area contributed by atoms with Gasteiger partial charge in [0.1, 0.15) is 16.5 Å². The Hall–Kier alpha value is -0.940. The smallest absolute Gasteiger partial charge is 0.315 e. The maximum absolute atomic E-state index is 11.1. The van der Waals surface area contributed by atoms with Gasteiger partial charge in [-0.1, -0.05) is 0 Å². The minimum atomic E-state index is -0.944. The van der Waals surface area contributed by atoms with Crippen molar-refractivity contribution in [2.24, 2.45) is 0 Å². The Morgan fingerprint density at radius 3 is 2.81 bits per heavy atom. The molecule has 0 aliphatic carbocycles. The van der Waals surface area contributed by atoms with E-state index in [1.54, 1.807) is 19.2 Å². The standard InChI is InChI=1S/C11H17NO3S/c1-5-15-7(2)9-12-8(6-16-9)11(3,4)10(13)14/h6-7H,5H2,1-4H3,(H,13,14). The molecule has 0 aromatic carbocycles. The number of aromatic nitrogens is 1. The first kappa shape index (κ1) is 13.1. The first-order valence-corrected chi connectivity index (χ1v) is 6.08. The molecule has 90 valence electrons. The molecule has 0 radical (unpaired) electrons. The molecule has 0 saturated carbocycles. The monoisotopic (exact) mass is 243 g/mol. The van der Waals surface area contributed by atoms with Crippen molar-refractivity contribution in [3.05, 3.63) is 16.1 Å². The van der Waals surface area contributed by atoms with Gasteiger partial charge in [0, 0.05) is 12.0 Å². The fraction of sp³-hybridized carbons (Fsp3) is 0.636. The van der Waals surface area contributed by atoms with Gasteiger partial charge in [0.2, 0.25) is 0 Å². The lowest BCUT2D eigenvalue weighted by atomic mass is 9.90. The van der Waals surface area contributed by atoms with Gasteiger partial charge in [-0.15, -0.1) is 11.3 Å². The molecule has 1 aromatic rings. The van der Waals surface area contributed by atoms with E-state index in [0.717, 1.165) is 5.01 Å². The van der Waals surface area contributed by atoms with Gasteiger partial charge in [0.25, 0.3) is 0 Å². The van der Waals surface area contributed by atoms with Gasteiger partial charge in [0.05, 0.1) is 5.69 Å². The molecule has 1 atom stereocenters. The van der Waals surface area contributed by atoms with Crippen LogP contribution in [0.1, 0.15) is 44.5 Å². The average Bonchev–Trinajstić information content (AvgIpc) is 2.67. The summed E-state index contributed by atoms with van der Waals surface area (Å²) in [5.41, 5.74) is -0.354. The fourth-order valence-electron chi connectivity index (χ4n) is 1.19. The van der Waals surface area contributed by atoms with Gasteiger partial charge in [-0.25, -0.2) is 4.98 Å². The van der Waals surface area contributed by atoms with Crippen LogP contribution in [0.4, 0.5) is 0 Å². The van der Waals surface area contributed by atoms with Crippen LogP contribution >= 0.6 is 11.3 Å². The van der Waals surface area contributed by atoms with Gasteiger partial charge in [-0.05, 0) is 27.7 Å². The zero-order chi connectivity index (χ0) is 12.3. The number of hydrogen-bond acceptors (Lipinski definition) is 4. The number of ether oxygens (including phenoxy) is 1. The third-order valence-electron chi connectivity index (χ3n) is 2.46. The van der Waals surface area contributed by atoms with Crippen molar-refractivity contribution < 1.29 is 14.6 Å². The fourth-order valence-corrected chi connectivity index (χ4v) is 2.18. The number of hydrogen-bond donors (Lipinski definition) is 1. The van der Waals surface area contributed by atoms with Gasteiger partial charge >= 0.3 is 5.97 Å². The predicted octanol–water partition coefficient (Wildman–Crippen LogP) is 2.60. The van der Waals surface area contributed by atoms with E-state index in [0.29, 0.717) is 12.3 Å². The van der Waals surface area contributed by atoms with Crippen LogP contribution in [0.2, 0.25) is 0 Å². The lowest BCUT2D eigenvalue weighted by Crippen LogP contribution is -2.28. The van der Waals surface area contributed by atoms with Crippen LogP contribution in [0.25, 0.3) is 0 Å². The summed E-state index contributed by atoms with van der Waals surface area (Å²) in [6, 6.07) is 0. The van der Waals surface area contributed by atoms with E-state index >= 15 is 0 Å². The molecule has 1 heterocycles. The van der Waals surface area contributed by atoms with Crippen molar-refractivity contribution >= 4 is 17.3 Å². The Bertz CT molecular complexity index is 373. The van der Waals surface area contributed by atoms with Crippen LogP contribution in [-0.4, -0.2) is 22.7 Å². The topological polar surface area (TPSA) is 59.4 Å². The molecular formula is C11H17NO3S. The summed E-state index contributed by atoms with van der Waals surface area (Å²) in [7, 11) is 0. The van der Waals surface area contributed by atoms with Gasteiger partial charge in [-0.3, -0.25) is 4.79 Å². The Labute approximate surface area is 99.3 Å². The summed E-state index contributed by atoms with van der Waals surface area (Å²) in [6.07, 6.45) is -0.0756. The molecule has 1 unspecified atom stereocenters. The molecule has 5 heteroatoms. The summed E-state index contributed by atoms with van der Waals surface area (Å²) in [6.45, 7) is 7.77. The molecule has 0 amide bonds. The highest BCUT2D eigenvalue weighted by Crippen LogP contribution is 2.28. The molecule has 0 spiro atoms. The number of carboxylic acid groups (broad SMARTS) is 1. The minimum absolute atomic E-state index is 0.0756. The quantitative estimate of drug-likeness (QED) is 0.863. The molecule has 0 bridgehead atoms. The van der Waals surface area contributed by atoms with Crippen molar-refractivity contribution in [3.8, 4) is 0 Å². The third-order valence-corrected chi connectivity index (χ3v) is 3.47. The normalized spacial score (nSPS) is 13.8. The predicted molar refractivity (Wildman–Crippen MR) is 62.8 cm³/mol. The SMILES string of the molecule is CCOC(C)c1nc(C(C)(C)C(=O)O)cs1. The number of carboxylic acids is 1. The largest absolute Gasteiger partial charge is 0.481 e. The molecule has 1 N–H and O–H groups in total. The van der Waals surface area contributed by atoms with Crippen molar-refractivity contribution in [1.82, 2.24) is 4.98 Å². The Kier molecular flexibility index (Phi) is 4.04. The molecule has 1 rings (SSSR count). The van der Waals surface area contributed by atoms with Gasteiger partial charge in [0.15, 0.2) is 0 Å². The Morgan fingerprint density at radius 1 is 1.69 bits per heavy atom. The average molecular weight is 243 g/mol. The van der Waals surface area contributed by atoms with Crippen LogP contribution < -0.4 is 0 Å². The molecule has 0 aliphatic heterocycles. The van der Waals surface area contributed by atoms with Crippen molar-refractivity contribution in [1.29, 1.82) is 0 Å². The molecule has 1 aromatic heterocycles. The van der Waals surface area contributed by atoms with Gasteiger partial charge < -0.3 is 9.84 Å². The summed E-state index contributed by atoms with van der Waals surface area (Å²) >= 11 is 1.44. The summed E-state index contributed by atoms with van der Waals surface area (Å²) < 4.78 is 5.41. The van der Waals surface area contributed by atoms with E-state index in [1.807, 2.05) is 13.8 Å². The number of rotatable bonds is 5. The summed E-state index contributed by atoms with van der Waals surface area (Å²) in [5, 5.41) is 11.7. The second kappa shape index (κ2) is 4.93. The number of nitrogens with zero attached hydrogens (tertiary/aromatic N) is 1. The third kappa shape index (κ3) is 2.59. The first-order valence-electron chi connectivity index (χ1n) is 5.20. The molecule has 0 fully saturated rings. The molecule has 0 saturated heterocycles. The zero-order valence-electron chi connectivity index (χ0n) is 9.98. The highest BCUT2D eigenvalue weighted by Gasteiger charge is 2.32. The van der Waals surface area contributed by atoms with Crippen LogP contribution in [0.5, 0.6) is 0 Å². The second-order valence-electron chi connectivity index (χ2n) is 4.10. The Morgan fingerprint density at radius 2 is 2.31 bits per heavy atom. The van der Waals surface area contributed by atoms with Gasteiger partial charge in [-0.2, -0.15) is 0 Å². The second-order valence-corrected chi connectivity index (χ2v) is 4.99. The lowest BCUT2D eigenvalue weighted by molar-refractivity contribution is -0.142. The van der Waals surface area contributed by atoms with E-state index in [9.17, 15) is 4.79 Å². The molecule has 16 heavy (non-hydrogen) atoms.